The van der Waals surface area contributed by atoms with Gasteiger partial charge in [0.15, 0.2) is 5.78 Å². The first-order valence-corrected chi connectivity index (χ1v) is 11.5. The second kappa shape index (κ2) is 9.02. The number of ketones is 1. The minimum Gasteiger partial charge on any atom is -0.371 e. The third-order valence-electron chi connectivity index (χ3n) is 6.40. The Labute approximate surface area is 193 Å². The van der Waals surface area contributed by atoms with E-state index in [0.717, 1.165) is 29.5 Å². The predicted octanol–water partition coefficient (Wildman–Crippen LogP) is 4.39. The number of nitrogens with one attached hydrogen (secondary N) is 1. The fraction of sp³-hybridized carbons (Fsp3) is 0.308. The molecule has 7 heteroatoms. The maximum absolute atomic E-state index is 13.2. The maximum Gasteiger partial charge on any atom is 0.271 e. The molecule has 0 radical (unpaired) electrons. The Kier molecular flexibility index (Phi) is 5.77. The zero-order chi connectivity index (χ0) is 22.8. The van der Waals surface area contributed by atoms with Crippen molar-refractivity contribution in [1.82, 2.24) is 4.98 Å². The van der Waals surface area contributed by atoms with Crippen molar-refractivity contribution in [2.75, 3.05) is 28.3 Å². The van der Waals surface area contributed by atoms with Gasteiger partial charge in [-0.25, -0.2) is 0 Å². The van der Waals surface area contributed by atoms with E-state index in [-0.39, 0.29) is 18.1 Å². The Morgan fingerprint density at radius 2 is 1.76 bits per heavy atom. The van der Waals surface area contributed by atoms with Gasteiger partial charge in [-0.05, 0) is 56.5 Å². The largest absolute Gasteiger partial charge is 0.371 e. The summed E-state index contributed by atoms with van der Waals surface area (Å²) >= 11 is 0. The van der Waals surface area contributed by atoms with E-state index in [2.05, 4.69) is 26.4 Å². The molecule has 2 aliphatic rings. The van der Waals surface area contributed by atoms with E-state index >= 15 is 0 Å². The number of rotatable bonds is 5. The van der Waals surface area contributed by atoms with Crippen LogP contribution in [-0.4, -0.2) is 41.5 Å². The molecule has 1 atom stereocenters. The highest BCUT2D eigenvalue weighted by atomic mass is 16.2. The van der Waals surface area contributed by atoms with Crippen molar-refractivity contribution < 1.29 is 9.59 Å². The van der Waals surface area contributed by atoms with Crippen LogP contribution in [0.1, 0.15) is 32.6 Å². The van der Waals surface area contributed by atoms with Gasteiger partial charge in [0.25, 0.3) is 5.91 Å². The maximum atomic E-state index is 13.2. The number of para-hydroxylation sites is 1. The SMILES string of the molecule is CC(=O)C1CC(C(=O)Nc2ccc(N3CCCCC3)c3ccncc23)=NN1c1ccccc1. The number of nitrogens with zero attached hydrogens (tertiary/aromatic N) is 4. The summed E-state index contributed by atoms with van der Waals surface area (Å²) in [5.41, 5.74) is 3.01. The average molecular weight is 442 g/mol. The number of piperidine rings is 1. The minimum absolute atomic E-state index is 0.0223. The van der Waals surface area contributed by atoms with Gasteiger partial charge in [0.1, 0.15) is 11.8 Å². The molecule has 0 spiro atoms. The molecule has 3 aromatic rings. The molecule has 1 unspecified atom stereocenters. The number of hydrazone groups is 1. The summed E-state index contributed by atoms with van der Waals surface area (Å²) in [5.74, 6) is -0.318. The smallest absolute Gasteiger partial charge is 0.271 e. The summed E-state index contributed by atoms with van der Waals surface area (Å²) in [6.07, 6.45) is 7.52. The standard InChI is InChI=1S/C26H27N5O2/c1-18(32)25-16-23(29-31(25)19-8-4-2-5-9-19)26(33)28-22-10-11-24(30-14-6-3-7-15-30)20-12-13-27-17-21(20)22/h2,4-5,8-13,17,25H,3,6-7,14-16H2,1H3,(H,28,33). The van der Waals surface area contributed by atoms with Crippen LogP contribution in [0.25, 0.3) is 10.8 Å². The molecule has 1 N–H and O–H groups in total. The molecule has 33 heavy (non-hydrogen) atoms. The lowest BCUT2D eigenvalue weighted by Crippen LogP contribution is -2.33. The van der Waals surface area contributed by atoms with Crippen LogP contribution < -0.4 is 15.2 Å². The number of anilines is 3. The quantitative estimate of drug-likeness (QED) is 0.636. The van der Waals surface area contributed by atoms with Gasteiger partial charge >= 0.3 is 0 Å². The fourth-order valence-electron chi connectivity index (χ4n) is 4.67. The topological polar surface area (TPSA) is 77.9 Å². The minimum atomic E-state index is -0.479. The molecule has 2 aromatic carbocycles. The molecule has 1 saturated heterocycles. The third kappa shape index (κ3) is 4.18. The van der Waals surface area contributed by atoms with E-state index in [9.17, 15) is 9.59 Å². The van der Waals surface area contributed by atoms with Crippen LogP contribution in [0.15, 0.2) is 66.0 Å². The Bertz CT molecular complexity index is 1220. The van der Waals surface area contributed by atoms with Crippen LogP contribution in [-0.2, 0) is 9.59 Å². The van der Waals surface area contributed by atoms with Crippen LogP contribution in [0.5, 0.6) is 0 Å². The van der Waals surface area contributed by atoms with Gasteiger partial charge in [-0.3, -0.25) is 19.6 Å². The Morgan fingerprint density at radius 1 is 0.970 bits per heavy atom. The van der Waals surface area contributed by atoms with E-state index in [1.807, 2.05) is 42.5 Å². The van der Waals surface area contributed by atoms with Crippen molar-refractivity contribution in [3.05, 3.63) is 60.9 Å². The summed E-state index contributed by atoms with van der Waals surface area (Å²) in [7, 11) is 0. The highest BCUT2D eigenvalue weighted by Crippen LogP contribution is 2.33. The van der Waals surface area contributed by atoms with Crippen LogP contribution in [0.2, 0.25) is 0 Å². The van der Waals surface area contributed by atoms with E-state index in [1.165, 1.54) is 31.9 Å². The molecule has 2 aliphatic heterocycles. The number of pyridine rings is 1. The normalized spacial score (nSPS) is 18.3. The van der Waals surface area contributed by atoms with Gasteiger partial charge in [0, 0.05) is 48.4 Å². The summed E-state index contributed by atoms with van der Waals surface area (Å²) in [6.45, 7) is 3.62. The van der Waals surface area contributed by atoms with Crippen LogP contribution in [0, 0.1) is 0 Å². The molecule has 5 rings (SSSR count). The van der Waals surface area contributed by atoms with E-state index < -0.39 is 6.04 Å². The number of hydrogen-bond acceptors (Lipinski definition) is 6. The Balaban J connectivity index is 1.43. The summed E-state index contributed by atoms with van der Waals surface area (Å²) < 4.78 is 0. The lowest BCUT2D eigenvalue weighted by Gasteiger charge is -2.30. The van der Waals surface area contributed by atoms with Crippen LogP contribution >= 0.6 is 0 Å². The number of benzene rings is 2. The summed E-state index contributed by atoms with van der Waals surface area (Å²) in [5, 5.41) is 11.2. The Morgan fingerprint density at radius 3 is 2.52 bits per heavy atom. The van der Waals surface area contributed by atoms with Gasteiger partial charge in [-0.2, -0.15) is 5.10 Å². The highest BCUT2D eigenvalue weighted by Gasteiger charge is 2.34. The number of Topliss-reactive ketones (excluding diaryl/α,β-unsaturated/α-hetero) is 1. The van der Waals surface area contributed by atoms with E-state index in [0.29, 0.717) is 11.4 Å². The van der Waals surface area contributed by atoms with Gasteiger partial charge in [-0.15, -0.1) is 0 Å². The summed E-state index contributed by atoms with van der Waals surface area (Å²) in [6, 6.07) is 15.0. The second-order valence-electron chi connectivity index (χ2n) is 8.61. The van der Waals surface area contributed by atoms with Crippen molar-refractivity contribution in [2.24, 2.45) is 5.10 Å². The van der Waals surface area contributed by atoms with Crippen LogP contribution in [0.3, 0.4) is 0 Å². The lowest BCUT2D eigenvalue weighted by molar-refractivity contribution is -0.118. The van der Waals surface area contributed by atoms with Crippen molar-refractivity contribution in [3.8, 4) is 0 Å². The van der Waals surface area contributed by atoms with Crippen molar-refractivity contribution in [2.45, 2.75) is 38.6 Å². The number of fused-ring (bicyclic) bond motifs is 1. The molecule has 3 heterocycles. The van der Waals surface area contributed by atoms with Crippen molar-refractivity contribution in [1.29, 1.82) is 0 Å². The highest BCUT2D eigenvalue weighted by molar-refractivity contribution is 6.44. The predicted molar refractivity (Wildman–Crippen MR) is 132 cm³/mol. The molecule has 0 aliphatic carbocycles. The number of hydrogen-bond donors (Lipinski definition) is 1. The second-order valence-corrected chi connectivity index (χ2v) is 8.61. The number of amides is 1. The van der Waals surface area contributed by atoms with Crippen molar-refractivity contribution in [3.63, 3.8) is 0 Å². The molecule has 0 bridgehead atoms. The molecule has 1 amide bonds. The number of carbonyl (C=O) groups is 2. The monoisotopic (exact) mass is 441 g/mol. The molecular weight excluding hydrogens is 414 g/mol. The third-order valence-corrected chi connectivity index (χ3v) is 6.40. The molecular formula is C26H27N5O2. The molecule has 7 nitrogen and oxygen atoms in total. The number of aromatic nitrogens is 1. The molecule has 1 fully saturated rings. The first-order valence-electron chi connectivity index (χ1n) is 11.5. The fourth-order valence-corrected chi connectivity index (χ4v) is 4.67. The first kappa shape index (κ1) is 21.1. The zero-order valence-corrected chi connectivity index (χ0v) is 18.7. The summed E-state index contributed by atoms with van der Waals surface area (Å²) in [4.78, 5) is 32.1. The molecule has 1 aromatic heterocycles. The zero-order valence-electron chi connectivity index (χ0n) is 18.7. The van der Waals surface area contributed by atoms with E-state index in [4.69, 9.17) is 0 Å². The van der Waals surface area contributed by atoms with Gasteiger partial charge < -0.3 is 10.2 Å². The first-order chi connectivity index (χ1) is 16.1. The van der Waals surface area contributed by atoms with Gasteiger partial charge in [0.2, 0.25) is 0 Å². The molecule has 168 valence electrons. The Hall–Kier alpha value is -3.74. The van der Waals surface area contributed by atoms with Gasteiger partial charge in [0.05, 0.1) is 11.4 Å². The lowest BCUT2D eigenvalue weighted by atomic mass is 10.0. The van der Waals surface area contributed by atoms with Crippen LogP contribution in [0.4, 0.5) is 17.1 Å². The van der Waals surface area contributed by atoms with Crippen molar-refractivity contribution >= 4 is 45.2 Å². The average Bonchev–Trinajstić information content (AvgIpc) is 3.32. The number of carbonyl (C=O) groups excluding carboxylic acids is 2. The van der Waals surface area contributed by atoms with E-state index in [1.54, 1.807) is 17.4 Å². The molecule has 0 saturated carbocycles. The van der Waals surface area contributed by atoms with Gasteiger partial charge in [-0.1, -0.05) is 18.2 Å².